The first kappa shape index (κ1) is 22.4. The number of ether oxygens (including phenoxy) is 1. The summed E-state index contributed by atoms with van der Waals surface area (Å²) in [5.41, 5.74) is 1.06. The van der Waals surface area contributed by atoms with Gasteiger partial charge in [-0.3, -0.25) is 4.79 Å². The van der Waals surface area contributed by atoms with Gasteiger partial charge in [-0.2, -0.15) is 13.2 Å². The van der Waals surface area contributed by atoms with Gasteiger partial charge >= 0.3 is 6.18 Å². The van der Waals surface area contributed by atoms with Gasteiger partial charge in [0.25, 0.3) is 0 Å². The molecule has 0 fully saturated rings. The maximum atomic E-state index is 13.1. The van der Waals surface area contributed by atoms with Gasteiger partial charge in [0.05, 0.1) is 6.42 Å². The van der Waals surface area contributed by atoms with Crippen LogP contribution in [0.5, 0.6) is 5.88 Å². The lowest BCUT2D eigenvalue weighted by atomic mass is 10.1. The number of alkyl halides is 3. The predicted octanol–water partition coefficient (Wildman–Crippen LogP) is 4.44. The Bertz CT molecular complexity index is 736. The van der Waals surface area contributed by atoms with E-state index in [2.05, 4.69) is 10.3 Å². The summed E-state index contributed by atoms with van der Waals surface area (Å²) in [7, 11) is 0. The third kappa shape index (κ3) is 8.06. The fraction of sp³-hybridized carbons (Fsp3) is 0.368. The van der Waals surface area contributed by atoms with Crippen LogP contribution in [0, 0.1) is 5.82 Å². The Morgan fingerprint density at radius 2 is 1.89 bits per heavy atom. The number of nitrogens with zero attached hydrogens (tertiary/aromatic N) is 1. The molecular formula is C19H22F4N2O2. The van der Waals surface area contributed by atoms with Gasteiger partial charge < -0.3 is 10.1 Å². The van der Waals surface area contributed by atoms with Crippen molar-refractivity contribution in [3.8, 4) is 5.88 Å². The zero-order chi connectivity index (χ0) is 20.4. The SMILES string of the molecule is CC.CC(Oc1cc(CNC(=O)Cc2cccc(F)c2)ccn1)C(F)(F)F. The molecule has 4 nitrogen and oxygen atoms in total. The summed E-state index contributed by atoms with van der Waals surface area (Å²) >= 11 is 0. The highest BCUT2D eigenvalue weighted by molar-refractivity contribution is 5.78. The van der Waals surface area contributed by atoms with Crippen LogP contribution in [0.25, 0.3) is 0 Å². The van der Waals surface area contributed by atoms with E-state index in [-0.39, 0.29) is 24.8 Å². The number of hydrogen-bond acceptors (Lipinski definition) is 3. The first-order valence-electron chi connectivity index (χ1n) is 8.43. The van der Waals surface area contributed by atoms with E-state index < -0.39 is 18.1 Å². The molecule has 1 N–H and O–H groups in total. The second-order valence-electron chi connectivity index (χ2n) is 5.39. The summed E-state index contributed by atoms with van der Waals surface area (Å²) < 4.78 is 55.3. The molecule has 1 aromatic heterocycles. The largest absolute Gasteiger partial charge is 0.465 e. The molecule has 8 heteroatoms. The van der Waals surface area contributed by atoms with E-state index in [1.807, 2.05) is 13.8 Å². The molecule has 0 radical (unpaired) electrons. The Morgan fingerprint density at radius 1 is 1.19 bits per heavy atom. The summed E-state index contributed by atoms with van der Waals surface area (Å²) in [5, 5.41) is 2.61. The molecule has 27 heavy (non-hydrogen) atoms. The van der Waals surface area contributed by atoms with E-state index in [1.54, 1.807) is 12.1 Å². The third-order valence-corrected chi connectivity index (χ3v) is 3.30. The number of carbonyl (C=O) groups excluding carboxylic acids is 1. The third-order valence-electron chi connectivity index (χ3n) is 3.30. The van der Waals surface area contributed by atoms with Crippen LogP contribution in [0.15, 0.2) is 42.6 Å². The van der Waals surface area contributed by atoms with Gasteiger partial charge in [-0.05, 0) is 36.2 Å². The van der Waals surface area contributed by atoms with Crippen molar-refractivity contribution >= 4 is 5.91 Å². The van der Waals surface area contributed by atoms with Crippen LogP contribution in [-0.4, -0.2) is 23.2 Å². The molecule has 1 aromatic carbocycles. The second-order valence-corrected chi connectivity index (χ2v) is 5.39. The monoisotopic (exact) mass is 386 g/mol. The fourth-order valence-electron chi connectivity index (χ4n) is 1.97. The fourth-order valence-corrected chi connectivity index (χ4v) is 1.97. The number of nitrogens with one attached hydrogen (secondary N) is 1. The van der Waals surface area contributed by atoms with Crippen molar-refractivity contribution in [3.05, 3.63) is 59.5 Å². The Labute approximate surface area is 155 Å². The zero-order valence-electron chi connectivity index (χ0n) is 15.3. The molecule has 2 aromatic rings. The van der Waals surface area contributed by atoms with Crippen LogP contribution in [0.2, 0.25) is 0 Å². The van der Waals surface area contributed by atoms with Crippen molar-refractivity contribution in [2.24, 2.45) is 0 Å². The van der Waals surface area contributed by atoms with Gasteiger partial charge in [0.1, 0.15) is 5.82 Å². The average Bonchev–Trinajstić information content (AvgIpc) is 2.61. The molecule has 0 spiro atoms. The number of carbonyl (C=O) groups is 1. The maximum absolute atomic E-state index is 13.1. The second kappa shape index (κ2) is 10.5. The maximum Gasteiger partial charge on any atom is 0.425 e. The van der Waals surface area contributed by atoms with Crippen molar-refractivity contribution < 1.29 is 27.1 Å². The van der Waals surface area contributed by atoms with E-state index in [0.29, 0.717) is 11.1 Å². The molecule has 148 valence electrons. The average molecular weight is 386 g/mol. The standard InChI is InChI=1S/C17H16F4N2O2.C2H6/c1-11(17(19,20)21)25-16-9-13(5-6-22-16)10-23-15(24)8-12-3-2-4-14(18)7-12;1-2/h2-7,9,11H,8,10H2,1H3,(H,23,24);1-2H3. The molecule has 1 atom stereocenters. The number of rotatable bonds is 6. The molecule has 0 saturated carbocycles. The minimum Gasteiger partial charge on any atom is -0.465 e. The van der Waals surface area contributed by atoms with Gasteiger partial charge in [-0.15, -0.1) is 0 Å². The van der Waals surface area contributed by atoms with E-state index in [1.165, 1.54) is 30.5 Å². The van der Waals surface area contributed by atoms with E-state index in [0.717, 1.165) is 6.92 Å². The number of pyridine rings is 1. The van der Waals surface area contributed by atoms with Gasteiger partial charge in [0.15, 0.2) is 6.10 Å². The van der Waals surface area contributed by atoms with Crippen molar-refractivity contribution in [1.29, 1.82) is 0 Å². The number of aromatic nitrogens is 1. The van der Waals surface area contributed by atoms with Crippen molar-refractivity contribution in [2.75, 3.05) is 0 Å². The molecule has 0 aliphatic carbocycles. The van der Waals surface area contributed by atoms with Crippen LogP contribution in [0.1, 0.15) is 31.9 Å². The molecule has 0 saturated heterocycles. The lowest BCUT2D eigenvalue weighted by Gasteiger charge is -2.17. The molecule has 0 aliphatic heterocycles. The van der Waals surface area contributed by atoms with Gasteiger partial charge in [-0.1, -0.05) is 26.0 Å². The van der Waals surface area contributed by atoms with Crippen molar-refractivity contribution in [1.82, 2.24) is 10.3 Å². The van der Waals surface area contributed by atoms with Crippen LogP contribution in [0.4, 0.5) is 17.6 Å². The van der Waals surface area contributed by atoms with E-state index >= 15 is 0 Å². The summed E-state index contributed by atoms with van der Waals surface area (Å²) in [6.07, 6.45) is -5.18. The molecule has 1 heterocycles. The Balaban J connectivity index is 0.00000176. The zero-order valence-corrected chi connectivity index (χ0v) is 15.3. The molecule has 2 rings (SSSR count). The number of hydrogen-bond donors (Lipinski definition) is 1. The smallest absolute Gasteiger partial charge is 0.425 e. The number of benzene rings is 1. The van der Waals surface area contributed by atoms with Crippen LogP contribution >= 0.6 is 0 Å². The number of amides is 1. The lowest BCUT2D eigenvalue weighted by molar-refractivity contribution is -0.190. The van der Waals surface area contributed by atoms with Crippen molar-refractivity contribution in [2.45, 2.75) is 46.0 Å². The van der Waals surface area contributed by atoms with E-state index in [4.69, 9.17) is 4.74 Å². The normalized spacial score (nSPS) is 11.8. The topological polar surface area (TPSA) is 51.2 Å². The Morgan fingerprint density at radius 3 is 2.52 bits per heavy atom. The first-order valence-corrected chi connectivity index (χ1v) is 8.43. The van der Waals surface area contributed by atoms with Crippen LogP contribution in [-0.2, 0) is 17.8 Å². The first-order chi connectivity index (χ1) is 12.7. The highest BCUT2D eigenvalue weighted by Gasteiger charge is 2.38. The molecule has 0 bridgehead atoms. The summed E-state index contributed by atoms with van der Waals surface area (Å²) in [5.74, 6) is -0.949. The molecule has 1 amide bonds. The summed E-state index contributed by atoms with van der Waals surface area (Å²) in [6.45, 7) is 4.97. The Kier molecular flexibility index (Phi) is 8.71. The minimum atomic E-state index is -4.49. The molecule has 1 unspecified atom stereocenters. The molecular weight excluding hydrogens is 364 g/mol. The Hall–Kier alpha value is -2.64. The minimum absolute atomic E-state index is 0.00267. The van der Waals surface area contributed by atoms with Crippen LogP contribution < -0.4 is 10.1 Å². The van der Waals surface area contributed by atoms with Crippen molar-refractivity contribution in [3.63, 3.8) is 0 Å². The summed E-state index contributed by atoms with van der Waals surface area (Å²) in [6, 6.07) is 8.54. The van der Waals surface area contributed by atoms with Gasteiger partial charge in [0.2, 0.25) is 11.8 Å². The number of halogens is 4. The van der Waals surface area contributed by atoms with Gasteiger partial charge in [-0.25, -0.2) is 9.37 Å². The predicted molar refractivity (Wildman–Crippen MR) is 93.7 cm³/mol. The van der Waals surface area contributed by atoms with Gasteiger partial charge in [0, 0.05) is 18.8 Å². The highest BCUT2D eigenvalue weighted by Crippen LogP contribution is 2.24. The highest BCUT2D eigenvalue weighted by atomic mass is 19.4. The molecule has 0 aliphatic rings. The van der Waals surface area contributed by atoms with E-state index in [9.17, 15) is 22.4 Å². The van der Waals surface area contributed by atoms with Crippen LogP contribution in [0.3, 0.4) is 0 Å². The summed E-state index contributed by atoms with van der Waals surface area (Å²) in [4.78, 5) is 15.6. The lowest BCUT2D eigenvalue weighted by Crippen LogP contribution is -2.31. The quantitative estimate of drug-likeness (QED) is 0.747.